The highest BCUT2D eigenvalue weighted by molar-refractivity contribution is 5.81. The van der Waals surface area contributed by atoms with Crippen molar-refractivity contribution in [2.75, 3.05) is 32.7 Å². The van der Waals surface area contributed by atoms with Gasteiger partial charge in [-0.3, -0.25) is 9.69 Å². The Bertz CT molecular complexity index is 335. The number of carbonyl (C=O) groups is 1. The molecule has 0 aliphatic carbocycles. The summed E-state index contributed by atoms with van der Waals surface area (Å²) in [6, 6.07) is 0.715. The van der Waals surface area contributed by atoms with Crippen LogP contribution < -0.4 is 5.32 Å². The topological polar surface area (TPSA) is 35.6 Å². The first-order valence-corrected chi connectivity index (χ1v) is 8.52. The molecule has 3 unspecified atom stereocenters. The van der Waals surface area contributed by atoms with Gasteiger partial charge >= 0.3 is 0 Å². The fourth-order valence-corrected chi connectivity index (χ4v) is 4.35. The first-order chi connectivity index (χ1) is 9.77. The highest BCUT2D eigenvalue weighted by Crippen LogP contribution is 2.30. The van der Waals surface area contributed by atoms with Gasteiger partial charge in [0.1, 0.15) is 0 Å². The first-order valence-electron chi connectivity index (χ1n) is 8.52. The lowest BCUT2D eigenvalue weighted by atomic mass is 9.89. The molecule has 3 fully saturated rings. The van der Waals surface area contributed by atoms with Crippen LogP contribution in [0, 0.1) is 5.92 Å². The molecule has 3 atom stereocenters. The predicted molar refractivity (Wildman–Crippen MR) is 80.6 cm³/mol. The maximum absolute atomic E-state index is 12.6. The molecule has 0 bridgehead atoms. The van der Waals surface area contributed by atoms with E-state index in [1.54, 1.807) is 0 Å². The van der Waals surface area contributed by atoms with Crippen molar-refractivity contribution in [3.8, 4) is 0 Å². The van der Waals surface area contributed by atoms with Crippen LogP contribution >= 0.6 is 0 Å². The Labute approximate surface area is 122 Å². The van der Waals surface area contributed by atoms with E-state index in [9.17, 15) is 4.79 Å². The average Bonchev–Trinajstić information content (AvgIpc) is 3.17. The van der Waals surface area contributed by atoms with Gasteiger partial charge in [0.05, 0.1) is 6.04 Å². The number of nitrogens with one attached hydrogen (secondary N) is 1. The molecule has 0 radical (unpaired) electrons. The predicted octanol–water partition coefficient (Wildman–Crippen LogP) is 1.46. The van der Waals surface area contributed by atoms with Crippen LogP contribution in [-0.4, -0.2) is 60.5 Å². The van der Waals surface area contributed by atoms with E-state index in [2.05, 4.69) is 22.0 Å². The minimum absolute atomic E-state index is 0.0857. The van der Waals surface area contributed by atoms with Crippen LogP contribution in [0.1, 0.15) is 45.4 Å². The number of hydrogen-bond acceptors (Lipinski definition) is 3. The lowest BCUT2D eigenvalue weighted by Gasteiger charge is -2.38. The highest BCUT2D eigenvalue weighted by Gasteiger charge is 2.38. The summed E-state index contributed by atoms with van der Waals surface area (Å²) in [7, 11) is 0. The van der Waals surface area contributed by atoms with E-state index in [0.29, 0.717) is 11.9 Å². The summed E-state index contributed by atoms with van der Waals surface area (Å²) < 4.78 is 0. The largest absolute Gasteiger partial charge is 0.341 e. The molecule has 4 nitrogen and oxygen atoms in total. The van der Waals surface area contributed by atoms with Gasteiger partial charge in [-0.2, -0.15) is 0 Å². The van der Waals surface area contributed by atoms with Crippen molar-refractivity contribution in [2.24, 2.45) is 5.92 Å². The smallest absolute Gasteiger partial charge is 0.239 e. The Hall–Kier alpha value is -0.610. The number of nitrogens with zero attached hydrogens (tertiary/aromatic N) is 2. The molecule has 0 aromatic rings. The van der Waals surface area contributed by atoms with Crippen LogP contribution in [0.15, 0.2) is 0 Å². The Morgan fingerprint density at radius 2 is 1.90 bits per heavy atom. The third kappa shape index (κ3) is 2.86. The highest BCUT2D eigenvalue weighted by atomic mass is 16.2. The Morgan fingerprint density at radius 1 is 1.10 bits per heavy atom. The summed E-state index contributed by atoms with van der Waals surface area (Å²) in [5.41, 5.74) is 0. The Kier molecular flexibility index (Phi) is 4.61. The standard InChI is InChI=1S/C16H29N3O/c1-13(16(20)18-9-2-3-10-18)19-11-5-7-15(19)14-6-4-8-17-12-14/h13-15,17H,2-12H2,1H3. The molecular formula is C16H29N3O. The van der Waals surface area contributed by atoms with Crippen molar-refractivity contribution < 1.29 is 4.79 Å². The van der Waals surface area contributed by atoms with Crippen LogP contribution in [0.2, 0.25) is 0 Å². The average molecular weight is 279 g/mol. The molecule has 3 saturated heterocycles. The Morgan fingerprint density at radius 3 is 2.60 bits per heavy atom. The van der Waals surface area contributed by atoms with Crippen molar-refractivity contribution in [3.05, 3.63) is 0 Å². The van der Waals surface area contributed by atoms with Crippen molar-refractivity contribution in [2.45, 2.75) is 57.5 Å². The maximum atomic E-state index is 12.6. The van der Waals surface area contributed by atoms with Crippen molar-refractivity contribution in [1.29, 1.82) is 0 Å². The molecular weight excluding hydrogens is 250 g/mol. The third-order valence-corrected chi connectivity index (χ3v) is 5.49. The van der Waals surface area contributed by atoms with E-state index >= 15 is 0 Å². The molecule has 0 aromatic heterocycles. The van der Waals surface area contributed by atoms with Crippen LogP contribution in [0.3, 0.4) is 0 Å². The number of piperidine rings is 1. The molecule has 20 heavy (non-hydrogen) atoms. The maximum Gasteiger partial charge on any atom is 0.239 e. The van der Waals surface area contributed by atoms with E-state index in [0.717, 1.165) is 32.1 Å². The quantitative estimate of drug-likeness (QED) is 0.849. The van der Waals surface area contributed by atoms with Gasteiger partial charge in [-0.05, 0) is 71.0 Å². The molecule has 114 valence electrons. The minimum atomic E-state index is 0.0857. The van der Waals surface area contributed by atoms with Crippen molar-refractivity contribution in [3.63, 3.8) is 0 Å². The molecule has 3 aliphatic heterocycles. The summed E-state index contributed by atoms with van der Waals surface area (Å²) in [4.78, 5) is 17.2. The summed E-state index contributed by atoms with van der Waals surface area (Å²) in [6.07, 6.45) is 7.55. The van der Waals surface area contributed by atoms with Crippen molar-refractivity contribution >= 4 is 5.91 Å². The SMILES string of the molecule is CC(C(=O)N1CCCC1)N1CCCC1C1CCCNC1. The monoisotopic (exact) mass is 279 g/mol. The van der Waals surface area contributed by atoms with E-state index in [-0.39, 0.29) is 6.04 Å². The zero-order valence-electron chi connectivity index (χ0n) is 12.8. The molecule has 1 amide bonds. The van der Waals surface area contributed by atoms with Gasteiger partial charge < -0.3 is 10.2 Å². The lowest BCUT2D eigenvalue weighted by molar-refractivity contribution is -0.136. The second-order valence-corrected chi connectivity index (χ2v) is 6.76. The van der Waals surface area contributed by atoms with Crippen LogP contribution in [-0.2, 0) is 4.79 Å². The number of amides is 1. The van der Waals surface area contributed by atoms with Gasteiger partial charge in [-0.15, -0.1) is 0 Å². The van der Waals surface area contributed by atoms with Gasteiger partial charge in [0, 0.05) is 19.1 Å². The fourth-order valence-electron chi connectivity index (χ4n) is 4.35. The second-order valence-electron chi connectivity index (χ2n) is 6.76. The molecule has 0 aromatic carbocycles. The van der Waals surface area contributed by atoms with Gasteiger partial charge in [0.15, 0.2) is 0 Å². The van der Waals surface area contributed by atoms with E-state index in [4.69, 9.17) is 0 Å². The molecule has 3 rings (SSSR count). The van der Waals surface area contributed by atoms with Gasteiger partial charge in [-0.1, -0.05) is 0 Å². The van der Waals surface area contributed by atoms with Gasteiger partial charge in [-0.25, -0.2) is 0 Å². The van der Waals surface area contributed by atoms with Crippen LogP contribution in [0.4, 0.5) is 0 Å². The summed E-state index contributed by atoms with van der Waals surface area (Å²) in [6.45, 7) is 7.52. The Balaban J connectivity index is 1.62. The fraction of sp³-hybridized carbons (Fsp3) is 0.938. The third-order valence-electron chi connectivity index (χ3n) is 5.49. The number of likely N-dealkylation sites (tertiary alicyclic amines) is 2. The molecule has 4 heteroatoms. The number of carbonyl (C=O) groups excluding carboxylic acids is 1. The molecule has 1 N–H and O–H groups in total. The number of hydrogen-bond donors (Lipinski definition) is 1. The zero-order chi connectivity index (χ0) is 13.9. The minimum Gasteiger partial charge on any atom is -0.341 e. The van der Waals surface area contributed by atoms with Crippen molar-refractivity contribution in [1.82, 2.24) is 15.1 Å². The molecule has 3 heterocycles. The molecule has 0 spiro atoms. The van der Waals surface area contributed by atoms with Crippen LogP contribution in [0.25, 0.3) is 0 Å². The van der Waals surface area contributed by atoms with Gasteiger partial charge in [0.25, 0.3) is 0 Å². The first kappa shape index (κ1) is 14.3. The molecule has 3 aliphatic rings. The zero-order valence-corrected chi connectivity index (χ0v) is 12.8. The summed E-state index contributed by atoms with van der Waals surface area (Å²) >= 11 is 0. The van der Waals surface area contributed by atoms with E-state index in [1.807, 2.05) is 0 Å². The second kappa shape index (κ2) is 6.44. The lowest BCUT2D eigenvalue weighted by Crippen LogP contribution is -2.51. The van der Waals surface area contributed by atoms with E-state index in [1.165, 1.54) is 45.1 Å². The van der Waals surface area contributed by atoms with E-state index < -0.39 is 0 Å². The summed E-state index contributed by atoms with van der Waals surface area (Å²) in [5.74, 6) is 1.12. The number of rotatable bonds is 3. The summed E-state index contributed by atoms with van der Waals surface area (Å²) in [5, 5.41) is 3.53. The van der Waals surface area contributed by atoms with Crippen LogP contribution in [0.5, 0.6) is 0 Å². The van der Waals surface area contributed by atoms with Gasteiger partial charge in [0.2, 0.25) is 5.91 Å². The normalized spacial score (nSPS) is 33.5. The molecule has 0 saturated carbocycles.